The highest BCUT2D eigenvalue weighted by atomic mass is 19.1. The van der Waals surface area contributed by atoms with Gasteiger partial charge in [-0.25, -0.2) is 9.78 Å². The van der Waals surface area contributed by atoms with Gasteiger partial charge in [0.05, 0.1) is 6.61 Å². The maximum atomic E-state index is 15.4. The van der Waals surface area contributed by atoms with Crippen LogP contribution in [0.4, 0.5) is 8.78 Å². The van der Waals surface area contributed by atoms with E-state index in [9.17, 15) is 9.90 Å². The zero-order valence-electron chi connectivity index (χ0n) is 20.8. The maximum Gasteiger partial charge on any atom is 0.344 e. The Labute approximate surface area is 220 Å². The number of rotatable bonds is 10. The number of nitrogens with zero attached hydrogens (tertiary/aromatic N) is 3. The number of carbonyl (C=O) groups excluding carboxylic acids is 1. The number of hydrogen-bond donors (Lipinski definition) is 3. The normalized spacial score (nSPS) is 10.7. The van der Waals surface area contributed by atoms with E-state index in [2.05, 4.69) is 9.97 Å². The molecule has 4 aromatic rings. The average molecular weight is 539 g/mol. The molecule has 13 heteroatoms. The summed E-state index contributed by atoms with van der Waals surface area (Å²) < 4.78 is 53.4. The van der Waals surface area contributed by atoms with Crippen molar-refractivity contribution in [1.82, 2.24) is 14.5 Å². The van der Waals surface area contributed by atoms with Crippen LogP contribution >= 0.6 is 0 Å². The zero-order valence-corrected chi connectivity index (χ0v) is 20.8. The molecule has 0 radical (unpaired) electrons. The van der Waals surface area contributed by atoms with Crippen LogP contribution in [-0.4, -0.2) is 44.7 Å². The summed E-state index contributed by atoms with van der Waals surface area (Å²) in [6, 6.07) is 10.2. The van der Waals surface area contributed by atoms with E-state index in [1.165, 1.54) is 18.2 Å². The predicted molar refractivity (Wildman–Crippen MR) is 134 cm³/mol. The first-order valence-corrected chi connectivity index (χ1v) is 11.5. The largest absolute Gasteiger partial charge is 0.504 e. The minimum atomic E-state index is -1.42. The highest BCUT2D eigenvalue weighted by Gasteiger charge is 2.27. The van der Waals surface area contributed by atoms with Gasteiger partial charge >= 0.3 is 5.97 Å². The van der Waals surface area contributed by atoms with E-state index in [0.29, 0.717) is 11.4 Å². The number of aromatic hydroxyl groups is 1. The first-order valence-electron chi connectivity index (χ1n) is 11.5. The number of benzene rings is 2. The monoisotopic (exact) mass is 539 g/mol. The van der Waals surface area contributed by atoms with Crippen LogP contribution in [0.5, 0.6) is 34.8 Å². The average Bonchev–Trinajstić information content (AvgIpc) is 3.34. The quantitative estimate of drug-likeness (QED) is 0.152. The molecular weight excluding hydrogens is 516 g/mol. The van der Waals surface area contributed by atoms with Gasteiger partial charge in [-0.3, -0.25) is 5.41 Å². The summed E-state index contributed by atoms with van der Waals surface area (Å²) in [5.41, 5.74) is 6.28. The van der Waals surface area contributed by atoms with E-state index in [0.717, 1.165) is 6.07 Å². The molecule has 0 amide bonds. The smallest absolute Gasteiger partial charge is 0.344 e. The lowest BCUT2D eigenvalue weighted by atomic mass is 10.2. The van der Waals surface area contributed by atoms with Crippen LogP contribution in [0.2, 0.25) is 0 Å². The molecule has 2 aromatic heterocycles. The number of ether oxygens (including phenoxy) is 4. The molecule has 0 aliphatic heterocycles. The molecule has 202 valence electrons. The first-order chi connectivity index (χ1) is 18.7. The number of carbonyl (C=O) groups is 1. The number of imidazole rings is 1. The first kappa shape index (κ1) is 26.9. The number of nitrogens with one attached hydrogen (secondary N) is 1. The highest BCUT2D eigenvalue weighted by molar-refractivity contribution is 5.95. The molecule has 4 rings (SSSR count). The third-order valence-electron chi connectivity index (χ3n) is 5.22. The summed E-state index contributed by atoms with van der Waals surface area (Å²) in [4.78, 5) is 19.8. The van der Waals surface area contributed by atoms with E-state index < -0.39 is 47.5 Å². The highest BCUT2D eigenvalue weighted by Crippen LogP contribution is 2.39. The van der Waals surface area contributed by atoms with Gasteiger partial charge in [-0.15, -0.1) is 0 Å². The summed E-state index contributed by atoms with van der Waals surface area (Å²) >= 11 is 0. The van der Waals surface area contributed by atoms with Crippen LogP contribution in [0.15, 0.2) is 54.9 Å². The summed E-state index contributed by atoms with van der Waals surface area (Å²) in [5.74, 6) is -6.64. The topological polar surface area (TPSA) is 155 Å². The van der Waals surface area contributed by atoms with Crippen molar-refractivity contribution in [2.75, 3.05) is 13.2 Å². The number of pyridine rings is 1. The second-order valence-electron chi connectivity index (χ2n) is 7.96. The van der Waals surface area contributed by atoms with Crippen LogP contribution in [0, 0.1) is 17.0 Å². The van der Waals surface area contributed by atoms with Crippen LogP contribution in [0.25, 0.3) is 11.4 Å². The molecule has 0 atom stereocenters. The standard InChI is InChI=1S/C26H23F2N5O6/c1-3-36-19(35)13-37-22-20(27)25(38-16-6-4-5-15(11-16)24-31-9-10-33(24)2)32-26(21(22)28)39-18-12-14(23(29)30)7-8-17(18)34/h4-12,34H,3,13H2,1-2H3,(H3,29,30). The predicted octanol–water partition coefficient (Wildman–Crippen LogP) is 4.28. The number of phenols is 1. The molecule has 0 unspecified atom stereocenters. The number of phenolic OH excluding ortho intramolecular Hbond substituents is 1. The molecule has 0 aliphatic carbocycles. The van der Waals surface area contributed by atoms with Gasteiger partial charge in [-0.05, 0) is 37.3 Å². The number of esters is 1. The Hall–Kier alpha value is -5.20. The maximum absolute atomic E-state index is 15.4. The molecule has 4 N–H and O–H groups in total. The Morgan fingerprint density at radius 1 is 1.13 bits per heavy atom. The number of nitrogens with two attached hydrogens (primary N) is 1. The van der Waals surface area contributed by atoms with Crippen molar-refractivity contribution >= 4 is 11.8 Å². The van der Waals surface area contributed by atoms with Crippen LogP contribution in [0.3, 0.4) is 0 Å². The van der Waals surface area contributed by atoms with Gasteiger partial charge in [0.2, 0.25) is 17.4 Å². The van der Waals surface area contributed by atoms with E-state index in [-0.39, 0.29) is 29.5 Å². The molecule has 11 nitrogen and oxygen atoms in total. The minimum absolute atomic E-state index is 0.0321. The Balaban J connectivity index is 1.75. The fourth-order valence-corrected chi connectivity index (χ4v) is 3.40. The Bertz CT molecular complexity index is 1540. The minimum Gasteiger partial charge on any atom is -0.504 e. The van der Waals surface area contributed by atoms with Crippen LogP contribution < -0.4 is 19.9 Å². The van der Waals surface area contributed by atoms with Crippen molar-refractivity contribution in [2.45, 2.75) is 6.92 Å². The van der Waals surface area contributed by atoms with Crippen LogP contribution in [-0.2, 0) is 16.6 Å². The molecule has 0 spiro atoms. The summed E-state index contributed by atoms with van der Waals surface area (Å²) in [6.45, 7) is 0.777. The Kier molecular flexibility index (Phi) is 7.89. The molecule has 0 bridgehead atoms. The molecule has 0 aliphatic rings. The summed E-state index contributed by atoms with van der Waals surface area (Å²) in [5, 5.41) is 17.8. The van der Waals surface area contributed by atoms with Gasteiger partial charge in [0, 0.05) is 30.6 Å². The van der Waals surface area contributed by atoms with Crippen molar-refractivity contribution in [1.29, 1.82) is 5.41 Å². The summed E-state index contributed by atoms with van der Waals surface area (Å²) in [7, 11) is 1.80. The number of aromatic nitrogens is 3. The molecule has 0 saturated carbocycles. The lowest BCUT2D eigenvalue weighted by Gasteiger charge is -2.15. The van der Waals surface area contributed by atoms with Crippen molar-refractivity contribution in [3.05, 3.63) is 72.1 Å². The van der Waals surface area contributed by atoms with Gasteiger partial charge in [0.25, 0.3) is 11.8 Å². The van der Waals surface area contributed by atoms with Gasteiger partial charge in [-0.2, -0.15) is 13.8 Å². The third-order valence-corrected chi connectivity index (χ3v) is 5.22. The molecule has 2 aromatic carbocycles. The zero-order chi connectivity index (χ0) is 28.1. The lowest BCUT2D eigenvalue weighted by Crippen LogP contribution is -2.16. The SMILES string of the molecule is CCOC(=O)COc1c(F)c(Oc2cccc(-c3nccn3C)c2)nc(Oc2cc(C(=N)N)ccc2O)c1F. The van der Waals surface area contributed by atoms with Crippen molar-refractivity contribution in [3.8, 4) is 46.1 Å². The van der Waals surface area contributed by atoms with Crippen molar-refractivity contribution in [3.63, 3.8) is 0 Å². The Morgan fingerprint density at radius 2 is 1.87 bits per heavy atom. The fraction of sp³-hybridized carbons (Fsp3) is 0.154. The lowest BCUT2D eigenvalue weighted by molar-refractivity contribution is -0.145. The Morgan fingerprint density at radius 3 is 2.54 bits per heavy atom. The second kappa shape index (κ2) is 11.5. The van der Waals surface area contributed by atoms with Gasteiger partial charge in [0.15, 0.2) is 18.1 Å². The number of hydrogen-bond acceptors (Lipinski definition) is 9. The third kappa shape index (κ3) is 6.04. The second-order valence-corrected chi connectivity index (χ2v) is 7.96. The number of halogens is 2. The van der Waals surface area contributed by atoms with E-state index in [4.69, 9.17) is 30.1 Å². The van der Waals surface area contributed by atoms with E-state index in [1.807, 2.05) is 0 Å². The van der Waals surface area contributed by atoms with Gasteiger partial charge in [0.1, 0.15) is 17.4 Å². The molecular formula is C26H23F2N5O6. The van der Waals surface area contributed by atoms with Crippen molar-refractivity contribution < 1.29 is 37.6 Å². The molecule has 2 heterocycles. The van der Waals surface area contributed by atoms with Gasteiger partial charge in [-0.1, -0.05) is 12.1 Å². The van der Waals surface area contributed by atoms with Gasteiger partial charge < -0.3 is 34.4 Å². The molecule has 0 saturated heterocycles. The number of amidine groups is 1. The van der Waals surface area contributed by atoms with Crippen LogP contribution in [0.1, 0.15) is 12.5 Å². The van der Waals surface area contributed by atoms with E-state index >= 15 is 8.78 Å². The van der Waals surface area contributed by atoms with Crippen molar-refractivity contribution in [2.24, 2.45) is 12.8 Å². The summed E-state index contributed by atoms with van der Waals surface area (Å²) in [6.07, 6.45) is 3.36. The number of aryl methyl sites for hydroxylation is 1. The molecule has 39 heavy (non-hydrogen) atoms. The molecule has 0 fully saturated rings. The van der Waals surface area contributed by atoms with E-state index in [1.54, 1.807) is 49.1 Å². The number of nitrogen functional groups attached to an aromatic ring is 1. The fourth-order valence-electron chi connectivity index (χ4n) is 3.40.